The molecule has 0 bridgehead atoms. The van der Waals surface area contributed by atoms with Crippen molar-refractivity contribution in [3.05, 3.63) is 71.5 Å². The Morgan fingerprint density at radius 1 is 1.07 bits per heavy atom. The Hall–Kier alpha value is -2.68. The molecular weight excluding hydrogens is 412 g/mol. The first kappa shape index (κ1) is 19.6. The van der Waals surface area contributed by atoms with E-state index in [1.807, 2.05) is 12.3 Å². The molecule has 4 rings (SSSR count). The van der Waals surface area contributed by atoms with Gasteiger partial charge in [-0.15, -0.1) is 0 Å². The average molecular weight is 431 g/mol. The van der Waals surface area contributed by atoms with Gasteiger partial charge in [0, 0.05) is 36.7 Å². The van der Waals surface area contributed by atoms with Gasteiger partial charge in [0.15, 0.2) is 0 Å². The van der Waals surface area contributed by atoms with Crippen LogP contribution in [0.1, 0.15) is 23.2 Å². The number of anilines is 1. The predicted octanol–water partition coefficient (Wildman–Crippen LogP) is 3.56. The molecule has 1 saturated heterocycles. The summed E-state index contributed by atoms with van der Waals surface area (Å²) in [6, 6.07) is 13.2. The van der Waals surface area contributed by atoms with Crippen molar-refractivity contribution in [2.45, 2.75) is 17.7 Å². The number of hydrogen-bond acceptors (Lipinski definition) is 4. The van der Waals surface area contributed by atoms with Crippen molar-refractivity contribution in [3.63, 3.8) is 0 Å². The van der Waals surface area contributed by atoms with Crippen LogP contribution in [0.15, 0.2) is 65.8 Å². The largest absolute Gasteiger partial charge is 0.322 e. The molecule has 0 aliphatic carbocycles. The molecule has 0 atom stereocenters. The maximum atomic E-state index is 12.8. The molecule has 1 N–H and O–H groups in total. The summed E-state index contributed by atoms with van der Waals surface area (Å²) in [4.78, 5) is 12.6. The summed E-state index contributed by atoms with van der Waals surface area (Å²) in [5, 5.41) is 7.02. The topological polar surface area (TPSA) is 84.3 Å². The first-order chi connectivity index (χ1) is 13.9. The summed E-state index contributed by atoms with van der Waals surface area (Å²) in [5.41, 5.74) is 1.64. The lowest BCUT2D eigenvalue weighted by Crippen LogP contribution is -2.28. The zero-order chi connectivity index (χ0) is 20.4. The molecule has 150 valence electrons. The van der Waals surface area contributed by atoms with Crippen molar-refractivity contribution >= 4 is 33.2 Å². The van der Waals surface area contributed by atoms with Crippen molar-refractivity contribution in [1.29, 1.82) is 0 Å². The van der Waals surface area contributed by atoms with Gasteiger partial charge in [-0.05, 0) is 61.4 Å². The molecule has 0 saturated carbocycles. The molecular formula is C20H19ClN4O3S. The Balaban J connectivity index is 1.54. The van der Waals surface area contributed by atoms with E-state index >= 15 is 0 Å². The number of sulfonamides is 1. The third-order valence-electron chi connectivity index (χ3n) is 4.77. The minimum atomic E-state index is -3.68. The number of halogens is 1. The van der Waals surface area contributed by atoms with Crippen molar-refractivity contribution in [2.75, 3.05) is 18.4 Å². The van der Waals surface area contributed by atoms with Crippen LogP contribution in [0.4, 0.5) is 5.69 Å². The van der Waals surface area contributed by atoms with Crippen molar-refractivity contribution < 1.29 is 13.2 Å². The average Bonchev–Trinajstić information content (AvgIpc) is 3.44. The highest BCUT2D eigenvalue weighted by Gasteiger charge is 2.29. The van der Waals surface area contributed by atoms with E-state index in [1.165, 1.54) is 16.4 Å². The van der Waals surface area contributed by atoms with Crippen LogP contribution in [0.5, 0.6) is 0 Å². The number of nitrogens with one attached hydrogen (secondary N) is 1. The molecule has 1 amide bonds. The van der Waals surface area contributed by atoms with Gasteiger partial charge in [0.1, 0.15) is 4.90 Å². The second-order valence-electron chi connectivity index (χ2n) is 6.71. The molecule has 1 aromatic heterocycles. The number of nitrogens with zero attached hydrogens (tertiary/aromatic N) is 3. The fourth-order valence-corrected chi connectivity index (χ4v) is 5.25. The third-order valence-corrected chi connectivity index (χ3v) is 7.15. The van der Waals surface area contributed by atoms with Crippen LogP contribution in [0, 0.1) is 0 Å². The second kappa shape index (κ2) is 7.98. The molecule has 1 aliphatic heterocycles. The molecule has 1 fully saturated rings. The predicted molar refractivity (Wildman–Crippen MR) is 111 cm³/mol. The van der Waals surface area contributed by atoms with Crippen LogP contribution in [-0.2, 0) is 10.0 Å². The van der Waals surface area contributed by atoms with E-state index in [-0.39, 0.29) is 15.8 Å². The SMILES string of the molecule is O=C(Nc1ccc(Cl)c(S(=O)(=O)N2CCCC2)c1)c1ccc(-n2cccn2)cc1. The maximum Gasteiger partial charge on any atom is 0.255 e. The molecule has 0 radical (unpaired) electrons. The molecule has 29 heavy (non-hydrogen) atoms. The fourth-order valence-electron chi connectivity index (χ4n) is 3.24. The highest BCUT2D eigenvalue weighted by molar-refractivity contribution is 7.89. The van der Waals surface area contributed by atoms with Gasteiger partial charge in [-0.25, -0.2) is 13.1 Å². The van der Waals surface area contributed by atoms with Gasteiger partial charge < -0.3 is 5.32 Å². The van der Waals surface area contributed by atoms with Crippen molar-refractivity contribution in [2.24, 2.45) is 0 Å². The zero-order valence-corrected chi connectivity index (χ0v) is 17.0. The number of carbonyl (C=O) groups excluding carboxylic acids is 1. The van der Waals surface area contributed by atoms with E-state index in [9.17, 15) is 13.2 Å². The van der Waals surface area contributed by atoms with E-state index in [4.69, 9.17) is 11.6 Å². The van der Waals surface area contributed by atoms with Gasteiger partial charge in [0.25, 0.3) is 5.91 Å². The summed E-state index contributed by atoms with van der Waals surface area (Å²) in [6.45, 7) is 0.968. The van der Waals surface area contributed by atoms with Crippen LogP contribution in [0.2, 0.25) is 5.02 Å². The van der Waals surface area contributed by atoms with Crippen LogP contribution in [0.3, 0.4) is 0 Å². The first-order valence-electron chi connectivity index (χ1n) is 9.16. The standard InChI is InChI=1S/C20H19ClN4O3S/c21-18-9-6-16(14-19(18)29(27,28)24-11-1-2-12-24)23-20(26)15-4-7-17(8-5-15)25-13-3-10-22-25/h3-10,13-14H,1-2,11-12H2,(H,23,26). The monoisotopic (exact) mass is 430 g/mol. The lowest BCUT2D eigenvalue weighted by atomic mass is 10.2. The Kier molecular flexibility index (Phi) is 5.40. The molecule has 3 aromatic rings. The maximum absolute atomic E-state index is 12.8. The number of rotatable bonds is 5. The highest BCUT2D eigenvalue weighted by atomic mass is 35.5. The lowest BCUT2D eigenvalue weighted by molar-refractivity contribution is 0.102. The van der Waals surface area contributed by atoms with Gasteiger partial charge in [0.05, 0.1) is 10.7 Å². The molecule has 1 aliphatic rings. The fraction of sp³-hybridized carbons (Fsp3) is 0.200. The van der Waals surface area contributed by atoms with Gasteiger partial charge in [-0.3, -0.25) is 4.79 Å². The minimum absolute atomic E-state index is 0.00731. The van der Waals surface area contributed by atoms with Crippen LogP contribution < -0.4 is 5.32 Å². The van der Waals surface area contributed by atoms with Crippen LogP contribution in [0.25, 0.3) is 5.69 Å². The van der Waals surface area contributed by atoms with E-state index in [1.54, 1.807) is 41.2 Å². The van der Waals surface area contributed by atoms with Crippen molar-refractivity contribution in [3.8, 4) is 5.69 Å². The quantitative estimate of drug-likeness (QED) is 0.670. The number of benzene rings is 2. The molecule has 0 spiro atoms. The molecule has 9 heteroatoms. The molecule has 2 heterocycles. The first-order valence-corrected chi connectivity index (χ1v) is 11.0. The minimum Gasteiger partial charge on any atom is -0.322 e. The van der Waals surface area contributed by atoms with Gasteiger partial charge in [-0.1, -0.05) is 11.6 Å². The Morgan fingerprint density at radius 2 is 1.79 bits per heavy atom. The zero-order valence-electron chi connectivity index (χ0n) is 15.5. The van der Waals surface area contributed by atoms with E-state index in [0.717, 1.165) is 18.5 Å². The third kappa shape index (κ3) is 4.05. The van der Waals surface area contributed by atoms with E-state index in [0.29, 0.717) is 24.3 Å². The number of hydrogen-bond donors (Lipinski definition) is 1. The smallest absolute Gasteiger partial charge is 0.255 e. The molecule has 7 nitrogen and oxygen atoms in total. The number of carbonyl (C=O) groups is 1. The van der Waals surface area contributed by atoms with E-state index < -0.39 is 10.0 Å². The van der Waals surface area contributed by atoms with Gasteiger partial charge >= 0.3 is 0 Å². The van der Waals surface area contributed by atoms with E-state index in [2.05, 4.69) is 10.4 Å². The van der Waals surface area contributed by atoms with Crippen LogP contribution in [-0.4, -0.2) is 41.5 Å². The second-order valence-corrected chi connectivity index (χ2v) is 9.02. The lowest BCUT2D eigenvalue weighted by Gasteiger charge is -2.17. The normalized spacial score (nSPS) is 14.8. The van der Waals surface area contributed by atoms with Crippen LogP contribution >= 0.6 is 11.6 Å². The van der Waals surface area contributed by atoms with Gasteiger partial charge in [0.2, 0.25) is 10.0 Å². The number of aromatic nitrogens is 2. The highest BCUT2D eigenvalue weighted by Crippen LogP contribution is 2.29. The summed E-state index contributed by atoms with van der Waals surface area (Å²) < 4.78 is 28.8. The summed E-state index contributed by atoms with van der Waals surface area (Å²) in [5.74, 6) is -0.344. The summed E-state index contributed by atoms with van der Waals surface area (Å²) in [6.07, 6.45) is 5.16. The Labute approximate surface area is 174 Å². The molecule has 2 aromatic carbocycles. The van der Waals surface area contributed by atoms with Gasteiger partial charge in [-0.2, -0.15) is 9.40 Å². The number of amides is 1. The Morgan fingerprint density at radius 3 is 2.45 bits per heavy atom. The Bertz CT molecular complexity index is 1120. The summed E-state index contributed by atoms with van der Waals surface area (Å²) >= 11 is 6.15. The van der Waals surface area contributed by atoms with Crippen molar-refractivity contribution in [1.82, 2.24) is 14.1 Å². The summed E-state index contributed by atoms with van der Waals surface area (Å²) in [7, 11) is -3.68. The molecule has 0 unspecified atom stereocenters.